The second-order valence-corrected chi connectivity index (χ2v) is 6.23. The summed E-state index contributed by atoms with van der Waals surface area (Å²) < 4.78 is 5.32. The van der Waals surface area contributed by atoms with E-state index in [1.54, 1.807) is 7.11 Å². The van der Waals surface area contributed by atoms with Gasteiger partial charge in [-0.25, -0.2) is 0 Å². The van der Waals surface area contributed by atoms with Crippen LogP contribution in [0.3, 0.4) is 0 Å². The van der Waals surface area contributed by atoms with E-state index in [1.807, 2.05) is 30.0 Å². The number of rotatable bonds is 3. The molecule has 1 aliphatic rings. The number of nitrogens with zero attached hydrogens (tertiary/aromatic N) is 1. The number of likely N-dealkylation sites (tertiary alicyclic amines) is 1. The smallest absolute Gasteiger partial charge is 0.227 e. The molecule has 1 aliphatic heterocycles. The molecule has 1 aromatic carbocycles. The predicted octanol–water partition coefficient (Wildman–Crippen LogP) is 3.05. The Bertz CT molecular complexity index is 474. The average Bonchev–Trinajstić information content (AvgIpc) is 2.39. The van der Waals surface area contributed by atoms with Crippen LogP contribution in [-0.2, 0) is 11.2 Å². The Hall–Kier alpha value is -1.51. The Morgan fingerprint density at radius 3 is 2.55 bits per heavy atom. The second kappa shape index (κ2) is 6.29. The van der Waals surface area contributed by atoms with E-state index < -0.39 is 0 Å². The second-order valence-electron chi connectivity index (χ2n) is 6.23. The normalized spacial score (nSPS) is 22.7. The standard InChI is InChI=1S/C17H25NO2/c1-12-7-13(2)11-18(10-12)17(19)9-15-6-5-14(3)16(8-15)20-4/h5-6,8,12-13H,7,9-11H2,1-4H3. The fraction of sp³-hybridized carbons (Fsp3) is 0.588. The van der Waals surface area contributed by atoms with Crippen LogP contribution in [-0.4, -0.2) is 31.0 Å². The number of carbonyl (C=O) groups is 1. The molecular formula is C17H25NO2. The van der Waals surface area contributed by atoms with Crippen molar-refractivity contribution in [3.05, 3.63) is 29.3 Å². The van der Waals surface area contributed by atoms with Gasteiger partial charge in [0.1, 0.15) is 5.75 Å². The van der Waals surface area contributed by atoms with Crippen molar-refractivity contribution in [3.63, 3.8) is 0 Å². The maximum absolute atomic E-state index is 12.4. The molecule has 0 aliphatic carbocycles. The summed E-state index contributed by atoms with van der Waals surface area (Å²) in [4.78, 5) is 14.4. The summed E-state index contributed by atoms with van der Waals surface area (Å²) in [6, 6.07) is 6.01. The van der Waals surface area contributed by atoms with Crippen molar-refractivity contribution in [2.75, 3.05) is 20.2 Å². The average molecular weight is 275 g/mol. The maximum Gasteiger partial charge on any atom is 0.227 e. The minimum absolute atomic E-state index is 0.231. The van der Waals surface area contributed by atoms with Crippen LogP contribution < -0.4 is 4.74 Å². The topological polar surface area (TPSA) is 29.5 Å². The van der Waals surface area contributed by atoms with Crippen molar-refractivity contribution in [1.29, 1.82) is 0 Å². The molecule has 0 spiro atoms. The van der Waals surface area contributed by atoms with Crippen molar-refractivity contribution in [1.82, 2.24) is 4.90 Å². The van der Waals surface area contributed by atoms with E-state index in [1.165, 1.54) is 6.42 Å². The van der Waals surface area contributed by atoms with Crippen LogP contribution >= 0.6 is 0 Å². The molecule has 1 fully saturated rings. The summed E-state index contributed by atoms with van der Waals surface area (Å²) in [5.74, 6) is 2.30. The number of amides is 1. The number of ether oxygens (including phenoxy) is 1. The van der Waals surface area contributed by atoms with Crippen molar-refractivity contribution < 1.29 is 9.53 Å². The van der Waals surface area contributed by atoms with Gasteiger partial charge in [0.05, 0.1) is 13.5 Å². The summed E-state index contributed by atoms with van der Waals surface area (Å²) in [5.41, 5.74) is 2.13. The van der Waals surface area contributed by atoms with Crippen molar-refractivity contribution in [2.24, 2.45) is 11.8 Å². The van der Waals surface area contributed by atoms with E-state index in [-0.39, 0.29) is 5.91 Å². The summed E-state index contributed by atoms with van der Waals surface area (Å²) in [7, 11) is 1.67. The molecule has 1 saturated heterocycles. The molecule has 1 amide bonds. The molecule has 1 aromatic rings. The monoisotopic (exact) mass is 275 g/mol. The van der Waals surface area contributed by atoms with Gasteiger partial charge in [0, 0.05) is 13.1 Å². The third-order valence-corrected chi connectivity index (χ3v) is 4.05. The Labute approximate surface area is 121 Å². The van der Waals surface area contributed by atoms with Crippen LogP contribution in [0.25, 0.3) is 0 Å². The largest absolute Gasteiger partial charge is 0.496 e. The van der Waals surface area contributed by atoms with Gasteiger partial charge in [-0.05, 0) is 42.4 Å². The number of hydrogen-bond acceptors (Lipinski definition) is 2. The number of hydrogen-bond donors (Lipinski definition) is 0. The first-order valence-corrected chi connectivity index (χ1v) is 7.41. The third-order valence-electron chi connectivity index (χ3n) is 4.05. The van der Waals surface area contributed by atoms with Gasteiger partial charge in [-0.1, -0.05) is 26.0 Å². The zero-order valence-corrected chi connectivity index (χ0v) is 13.0. The highest BCUT2D eigenvalue weighted by Crippen LogP contribution is 2.23. The fourth-order valence-corrected chi connectivity index (χ4v) is 3.13. The van der Waals surface area contributed by atoms with E-state index in [0.717, 1.165) is 30.0 Å². The first-order valence-electron chi connectivity index (χ1n) is 7.41. The van der Waals surface area contributed by atoms with E-state index in [9.17, 15) is 4.79 Å². The molecule has 3 nitrogen and oxygen atoms in total. The van der Waals surface area contributed by atoms with Gasteiger partial charge in [0.25, 0.3) is 0 Å². The maximum atomic E-state index is 12.4. The van der Waals surface area contributed by atoms with Gasteiger partial charge in [-0.3, -0.25) is 4.79 Å². The highest BCUT2D eigenvalue weighted by molar-refractivity contribution is 5.79. The summed E-state index contributed by atoms with van der Waals surface area (Å²) in [6.45, 7) is 8.26. The summed E-state index contributed by atoms with van der Waals surface area (Å²) in [6.07, 6.45) is 1.69. The minimum atomic E-state index is 0.231. The quantitative estimate of drug-likeness (QED) is 0.848. The number of methoxy groups -OCH3 is 1. The molecule has 0 N–H and O–H groups in total. The lowest BCUT2D eigenvalue weighted by molar-refractivity contribution is -0.133. The Morgan fingerprint density at radius 2 is 1.95 bits per heavy atom. The van der Waals surface area contributed by atoms with Crippen LogP contribution in [0.4, 0.5) is 0 Å². The fourth-order valence-electron chi connectivity index (χ4n) is 3.13. The highest BCUT2D eigenvalue weighted by Gasteiger charge is 2.25. The molecule has 1 heterocycles. The van der Waals surface area contributed by atoms with Crippen LogP contribution in [0.2, 0.25) is 0 Å². The zero-order valence-electron chi connectivity index (χ0n) is 13.0. The van der Waals surface area contributed by atoms with Crippen LogP contribution in [0.1, 0.15) is 31.4 Å². The van der Waals surface area contributed by atoms with E-state index in [2.05, 4.69) is 13.8 Å². The van der Waals surface area contributed by atoms with Gasteiger partial charge in [0.2, 0.25) is 5.91 Å². The molecule has 110 valence electrons. The van der Waals surface area contributed by atoms with Gasteiger partial charge in [-0.15, -0.1) is 0 Å². The predicted molar refractivity (Wildman–Crippen MR) is 81.0 cm³/mol. The zero-order chi connectivity index (χ0) is 14.7. The van der Waals surface area contributed by atoms with E-state index in [4.69, 9.17) is 4.74 Å². The first-order chi connectivity index (χ1) is 9.49. The van der Waals surface area contributed by atoms with Gasteiger partial charge in [-0.2, -0.15) is 0 Å². The molecule has 20 heavy (non-hydrogen) atoms. The highest BCUT2D eigenvalue weighted by atomic mass is 16.5. The number of carbonyl (C=O) groups excluding carboxylic acids is 1. The van der Waals surface area contributed by atoms with Crippen LogP contribution in [0.15, 0.2) is 18.2 Å². The SMILES string of the molecule is COc1cc(CC(=O)N2CC(C)CC(C)C2)ccc1C. The molecule has 0 saturated carbocycles. The van der Waals surface area contributed by atoms with E-state index >= 15 is 0 Å². The molecule has 0 radical (unpaired) electrons. The number of benzene rings is 1. The number of aryl methyl sites for hydroxylation is 1. The molecule has 2 rings (SSSR count). The van der Waals surface area contributed by atoms with Crippen LogP contribution in [0.5, 0.6) is 5.75 Å². The molecule has 3 heteroatoms. The van der Waals surface area contributed by atoms with Gasteiger partial charge in [0.15, 0.2) is 0 Å². The van der Waals surface area contributed by atoms with Gasteiger partial charge < -0.3 is 9.64 Å². The van der Waals surface area contributed by atoms with Crippen molar-refractivity contribution >= 4 is 5.91 Å². The lowest BCUT2D eigenvalue weighted by Crippen LogP contribution is -2.43. The number of piperidine rings is 1. The summed E-state index contributed by atoms with van der Waals surface area (Å²) >= 11 is 0. The van der Waals surface area contributed by atoms with Gasteiger partial charge >= 0.3 is 0 Å². The molecule has 2 unspecified atom stereocenters. The first kappa shape index (κ1) is 14.9. The Morgan fingerprint density at radius 1 is 1.30 bits per heavy atom. The molecular weight excluding hydrogens is 250 g/mol. The van der Waals surface area contributed by atoms with Crippen molar-refractivity contribution in [3.8, 4) is 5.75 Å². The van der Waals surface area contributed by atoms with Crippen molar-refractivity contribution in [2.45, 2.75) is 33.6 Å². The summed E-state index contributed by atoms with van der Waals surface area (Å²) in [5, 5.41) is 0. The van der Waals surface area contributed by atoms with E-state index in [0.29, 0.717) is 18.3 Å². The lowest BCUT2D eigenvalue weighted by atomic mass is 9.91. The molecule has 2 atom stereocenters. The molecule has 0 bridgehead atoms. The Balaban J connectivity index is 2.04. The third kappa shape index (κ3) is 3.53. The minimum Gasteiger partial charge on any atom is -0.496 e. The van der Waals surface area contributed by atoms with Crippen LogP contribution in [0, 0.1) is 18.8 Å². The Kier molecular flexibility index (Phi) is 4.69. The molecule has 0 aromatic heterocycles. The lowest BCUT2D eigenvalue weighted by Gasteiger charge is -2.35.